The fourth-order valence-electron chi connectivity index (χ4n) is 3.75. The van der Waals surface area contributed by atoms with Gasteiger partial charge < -0.3 is 21.0 Å². The Bertz CT molecular complexity index is 1250. The Morgan fingerprint density at radius 3 is 2.74 bits per heavy atom. The summed E-state index contributed by atoms with van der Waals surface area (Å²) in [6.45, 7) is 0.319. The van der Waals surface area contributed by atoms with E-state index in [1.165, 1.54) is 22.0 Å². The number of thiazole rings is 1. The number of carbonyl (C=O) groups excluding carboxylic acids is 2. The van der Waals surface area contributed by atoms with Gasteiger partial charge in [-0.1, -0.05) is 11.2 Å². The quantitative estimate of drug-likeness (QED) is 0.195. The molecule has 4 heterocycles. The van der Waals surface area contributed by atoms with Gasteiger partial charge >= 0.3 is 5.97 Å². The average molecular weight is 520 g/mol. The number of nitrogen functional groups attached to an aromatic ring is 1. The summed E-state index contributed by atoms with van der Waals surface area (Å²) in [7, 11) is 0. The number of amides is 2. The van der Waals surface area contributed by atoms with Crippen molar-refractivity contribution >= 4 is 51.7 Å². The largest absolute Gasteiger partial charge is 0.477 e. The molecule has 1 saturated carbocycles. The molecule has 1 aliphatic carbocycles. The molecule has 0 bridgehead atoms. The lowest BCUT2D eigenvalue weighted by atomic mass is 10.0. The van der Waals surface area contributed by atoms with E-state index in [9.17, 15) is 23.9 Å². The molecule has 4 atom stereocenters. The number of β-lactam (4-membered cyclic amide) rings is 1. The fraction of sp³-hybridized carbons (Fsp3) is 0.333. The van der Waals surface area contributed by atoms with Gasteiger partial charge in [-0.25, -0.2) is 18.7 Å². The standard InChI is InChI=1S/C21H19FN6O5S2/c22-11-6-13(11)33-26-14(12-9-35-21(23)24-12)17(29)25-15-18(30)28-16(20(31)32)10(8-34-19(15)28)7-27-4-2-1-3-5-27/h1-5,9,11,13,15,19H,6-8H2,(H3-,23,24,25,29,31,32)/p+1/t11?,13?,15-,19+/m1/s1. The van der Waals surface area contributed by atoms with Crippen LogP contribution in [0.3, 0.4) is 0 Å². The highest BCUT2D eigenvalue weighted by Gasteiger charge is 2.55. The number of nitrogens with one attached hydrogen (secondary N) is 1. The number of alkyl halides is 1. The molecule has 0 spiro atoms. The zero-order valence-electron chi connectivity index (χ0n) is 18.0. The zero-order valence-corrected chi connectivity index (χ0v) is 19.7. The number of fused-ring (bicyclic) bond motifs is 1. The van der Waals surface area contributed by atoms with Crippen LogP contribution in [0.2, 0.25) is 0 Å². The van der Waals surface area contributed by atoms with Crippen LogP contribution in [0, 0.1) is 0 Å². The van der Waals surface area contributed by atoms with Crippen LogP contribution in [-0.4, -0.2) is 67.9 Å². The molecule has 2 amide bonds. The smallest absolute Gasteiger partial charge is 0.352 e. The van der Waals surface area contributed by atoms with E-state index in [1.54, 1.807) is 0 Å². The van der Waals surface area contributed by atoms with Crippen molar-refractivity contribution in [3.63, 3.8) is 0 Å². The first-order valence-electron chi connectivity index (χ1n) is 10.6. The maximum atomic E-state index is 13.2. The lowest BCUT2D eigenvalue weighted by molar-refractivity contribution is -0.689. The van der Waals surface area contributed by atoms with Gasteiger partial charge in [-0.15, -0.1) is 23.1 Å². The number of nitrogens with two attached hydrogens (primary N) is 1. The third-order valence-electron chi connectivity index (χ3n) is 5.60. The minimum absolute atomic E-state index is 0.0761. The third kappa shape index (κ3) is 4.58. The van der Waals surface area contributed by atoms with Gasteiger partial charge in [-0.3, -0.25) is 14.5 Å². The van der Waals surface area contributed by atoms with Crippen LogP contribution in [0.5, 0.6) is 0 Å². The lowest BCUT2D eigenvalue weighted by Crippen LogP contribution is -2.71. The molecular formula is C21H20FN6O5S2+. The van der Waals surface area contributed by atoms with Crippen LogP contribution >= 0.6 is 23.1 Å². The summed E-state index contributed by atoms with van der Waals surface area (Å²) >= 11 is 2.44. The van der Waals surface area contributed by atoms with Crippen molar-refractivity contribution in [2.24, 2.45) is 5.16 Å². The maximum absolute atomic E-state index is 13.2. The number of aliphatic carboxylic acids is 1. The molecule has 2 aromatic heterocycles. The van der Waals surface area contributed by atoms with E-state index >= 15 is 0 Å². The van der Waals surface area contributed by atoms with E-state index in [4.69, 9.17) is 10.6 Å². The molecule has 0 aromatic carbocycles. The second-order valence-corrected chi connectivity index (χ2v) is 10.1. The molecule has 2 aliphatic heterocycles. The van der Waals surface area contributed by atoms with Crippen molar-refractivity contribution in [1.29, 1.82) is 0 Å². The van der Waals surface area contributed by atoms with Crippen LogP contribution in [0.25, 0.3) is 0 Å². The van der Waals surface area contributed by atoms with Crippen molar-refractivity contribution < 1.29 is 33.3 Å². The number of carboxylic acids is 1. The Balaban J connectivity index is 1.33. The molecule has 14 heteroatoms. The predicted molar refractivity (Wildman–Crippen MR) is 124 cm³/mol. The van der Waals surface area contributed by atoms with Gasteiger partial charge in [0.15, 0.2) is 35.9 Å². The number of carbonyl (C=O) groups is 3. The van der Waals surface area contributed by atoms with Crippen LogP contribution in [-0.2, 0) is 25.8 Å². The summed E-state index contributed by atoms with van der Waals surface area (Å²) in [4.78, 5) is 48.3. The first-order chi connectivity index (χ1) is 16.8. The maximum Gasteiger partial charge on any atom is 0.352 e. The molecule has 5 rings (SSSR count). The van der Waals surface area contributed by atoms with Crippen LogP contribution in [0.4, 0.5) is 9.52 Å². The van der Waals surface area contributed by atoms with E-state index in [0.29, 0.717) is 17.9 Å². The third-order valence-corrected chi connectivity index (χ3v) is 7.62. The molecule has 2 unspecified atom stereocenters. The van der Waals surface area contributed by atoms with Crippen molar-refractivity contribution in [1.82, 2.24) is 15.2 Å². The van der Waals surface area contributed by atoms with E-state index < -0.39 is 41.5 Å². The van der Waals surface area contributed by atoms with Gasteiger partial charge in [0.25, 0.3) is 11.8 Å². The number of anilines is 1. The molecule has 1 saturated heterocycles. The van der Waals surface area contributed by atoms with E-state index in [1.807, 2.05) is 35.2 Å². The Morgan fingerprint density at radius 1 is 1.37 bits per heavy atom. The van der Waals surface area contributed by atoms with Crippen molar-refractivity contribution in [2.45, 2.75) is 36.7 Å². The Labute approximate surface area is 206 Å². The van der Waals surface area contributed by atoms with Crippen LogP contribution in [0.1, 0.15) is 12.1 Å². The number of halogens is 1. The highest BCUT2D eigenvalue weighted by Crippen LogP contribution is 2.40. The highest BCUT2D eigenvalue weighted by molar-refractivity contribution is 8.00. The number of pyridine rings is 1. The van der Waals surface area contributed by atoms with Gasteiger partial charge in [0.05, 0.1) is 0 Å². The zero-order chi connectivity index (χ0) is 24.7. The second kappa shape index (κ2) is 9.26. The number of aromatic nitrogens is 2. The molecule has 2 fully saturated rings. The topological polar surface area (TPSA) is 151 Å². The number of oxime groups is 1. The lowest BCUT2D eigenvalue weighted by Gasteiger charge is -2.49. The number of hydrogen-bond acceptors (Lipinski definition) is 9. The van der Waals surface area contributed by atoms with Gasteiger partial charge in [-0.2, -0.15) is 0 Å². The monoisotopic (exact) mass is 519 g/mol. The minimum atomic E-state index is -1.21. The molecule has 11 nitrogen and oxygen atoms in total. The summed E-state index contributed by atoms with van der Waals surface area (Å²) in [5.74, 6) is -2.14. The Morgan fingerprint density at radius 2 is 2.11 bits per heavy atom. The molecule has 35 heavy (non-hydrogen) atoms. The van der Waals surface area contributed by atoms with Crippen LogP contribution in [0.15, 0.2) is 52.4 Å². The first kappa shape index (κ1) is 23.2. The van der Waals surface area contributed by atoms with E-state index in [-0.39, 0.29) is 28.7 Å². The highest BCUT2D eigenvalue weighted by atomic mass is 32.2. The van der Waals surface area contributed by atoms with Gasteiger partial charge in [0, 0.05) is 35.3 Å². The van der Waals surface area contributed by atoms with Gasteiger partial charge in [0.1, 0.15) is 29.0 Å². The van der Waals surface area contributed by atoms with Crippen molar-refractivity contribution in [2.75, 3.05) is 11.5 Å². The number of rotatable bonds is 8. The summed E-state index contributed by atoms with van der Waals surface area (Å²) in [5, 5.41) is 17.3. The molecule has 4 N–H and O–H groups in total. The number of hydrogen-bond donors (Lipinski definition) is 3. The predicted octanol–water partition coefficient (Wildman–Crippen LogP) is 0.283. The number of nitrogens with zero attached hydrogens (tertiary/aromatic N) is 4. The SMILES string of the molecule is Nc1nc(C(=NOC2CC2F)C(=O)N[C@@H]2C(=O)N3C(C(=O)O)=C(C[n+]4ccccc4)CS[C@@H]23)cs1. The van der Waals surface area contributed by atoms with Crippen molar-refractivity contribution in [3.8, 4) is 0 Å². The molecule has 2 aromatic rings. The van der Waals surface area contributed by atoms with E-state index in [0.717, 1.165) is 11.3 Å². The second-order valence-electron chi connectivity index (χ2n) is 8.07. The van der Waals surface area contributed by atoms with E-state index in [2.05, 4.69) is 15.5 Å². The first-order valence-corrected chi connectivity index (χ1v) is 12.5. The number of carboxylic acid groups (broad SMARTS) is 1. The van der Waals surface area contributed by atoms with Gasteiger partial charge in [0.2, 0.25) is 0 Å². The summed E-state index contributed by atoms with van der Waals surface area (Å²) in [5.41, 5.74) is 6.07. The molecule has 3 aliphatic rings. The van der Waals surface area contributed by atoms with Crippen LogP contribution < -0.4 is 15.6 Å². The molecular weight excluding hydrogens is 499 g/mol. The van der Waals surface area contributed by atoms with Crippen molar-refractivity contribution in [3.05, 3.63) is 52.9 Å². The minimum Gasteiger partial charge on any atom is -0.477 e. The summed E-state index contributed by atoms with van der Waals surface area (Å²) in [6.07, 6.45) is 1.93. The normalized spacial score (nSPS) is 25.6. The molecule has 0 radical (unpaired) electrons. The molecule has 182 valence electrons. The van der Waals surface area contributed by atoms with Gasteiger partial charge in [-0.05, 0) is 0 Å². The average Bonchev–Trinajstić information content (AvgIpc) is 3.38. The fourth-order valence-corrected chi connectivity index (χ4v) is 5.63. The summed E-state index contributed by atoms with van der Waals surface area (Å²) < 4.78 is 15.0. The summed E-state index contributed by atoms with van der Waals surface area (Å²) in [6, 6.07) is 4.54. The Hall–Kier alpha value is -3.52. The Kier molecular flexibility index (Phi) is 6.15. The number of thioether (sulfide) groups is 1.